The molecule has 0 atom stereocenters. The van der Waals surface area contributed by atoms with Crippen molar-refractivity contribution in [2.75, 3.05) is 20.1 Å². The first-order valence-corrected chi connectivity index (χ1v) is 9.72. The van der Waals surface area contributed by atoms with E-state index in [9.17, 15) is 14.0 Å². The molecule has 2 N–H and O–H groups in total. The van der Waals surface area contributed by atoms with E-state index >= 15 is 0 Å². The largest absolute Gasteiger partial charge is 0.354 e. The molecular weight excluding hydrogens is 385 g/mol. The maximum atomic E-state index is 14.9. The Morgan fingerprint density at radius 3 is 2.90 bits per heavy atom. The van der Waals surface area contributed by atoms with Gasteiger partial charge in [-0.3, -0.25) is 19.5 Å². The molecule has 0 unspecified atom stereocenters. The van der Waals surface area contributed by atoms with Crippen molar-refractivity contribution in [2.45, 2.75) is 19.9 Å². The van der Waals surface area contributed by atoms with Gasteiger partial charge in [0, 0.05) is 38.4 Å². The average Bonchev–Trinajstić information content (AvgIpc) is 3.18. The van der Waals surface area contributed by atoms with Crippen molar-refractivity contribution in [2.24, 2.45) is 0 Å². The molecule has 1 saturated heterocycles. The van der Waals surface area contributed by atoms with E-state index in [1.165, 1.54) is 5.57 Å². The third-order valence-electron chi connectivity index (χ3n) is 5.24. The number of carbonyl (C=O) groups excluding carboxylic acids is 1. The Labute approximate surface area is 172 Å². The highest BCUT2D eigenvalue weighted by molar-refractivity contribution is 5.92. The number of rotatable bonds is 4. The van der Waals surface area contributed by atoms with E-state index in [0.717, 1.165) is 25.1 Å². The molecule has 1 amide bonds. The number of nitrogens with one attached hydrogen (secondary N) is 2. The zero-order valence-corrected chi connectivity index (χ0v) is 16.8. The van der Waals surface area contributed by atoms with Crippen LogP contribution < -0.4 is 10.9 Å². The Bertz CT molecular complexity index is 1200. The van der Waals surface area contributed by atoms with E-state index in [0.29, 0.717) is 29.0 Å². The number of pyridine rings is 1. The molecule has 154 valence electrons. The lowest BCUT2D eigenvalue weighted by atomic mass is 10.1. The van der Waals surface area contributed by atoms with Crippen molar-refractivity contribution >= 4 is 23.0 Å². The first-order chi connectivity index (χ1) is 14.4. The molecule has 7 nitrogen and oxygen atoms in total. The highest BCUT2D eigenvalue weighted by Crippen LogP contribution is 2.23. The van der Waals surface area contributed by atoms with Crippen LogP contribution in [0, 0.1) is 12.7 Å². The number of fused-ring (bicyclic) bond motifs is 1. The summed E-state index contributed by atoms with van der Waals surface area (Å²) in [6, 6.07) is 7.02. The minimum atomic E-state index is -0.427. The van der Waals surface area contributed by atoms with Gasteiger partial charge in [0.05, 0.1) is 5.52 Å². The Balaban J connectivity index is 1.48. The lowest BCUT2D eigenvalue weighted by molar-refractivity contribution is 0.0958. The van der Waals surface area contributed by atoms with Gasteiger partial charge in [0.25, 0.3) is 11.5 Å². The normalized spacial score (nSPS) is 15.8. The van der Waals surface area contributed by atoms with E-state index < -0.39 is 5.82 Å². The number of aromatic nitrogens is 3. The van der Waals surface area contributed by atoms with E-state index in [1.54, 1.807) is 38.4 Å². The van der Waals surface area contributed by atoms with E-state index in [-0.39, 0.29) is 17.0 Å². The lowest BCUT2D eigenvalue weighted by Crippen LogP contribution is -2.20. The predicted molar refractivity (Wildman–Crippen MR) is 113 cm³/mol. The fraction of sp³-hybridized carbons (Fsp3) is 0.273. The number of benzene rings is 1. The van der Waals surface area contributed by atoms with Gasteiger partial charge in [-0.15, -0.1) is 0 Å². The number of H-pyrrole nitrogens is 1. The summed E-state index contributed by atoms with van der Waals surface area (Å²) in [4.78, 5) is 36.5. The summed E-state index contributed by atoms with van der Waals surface area (Å²) in [5.74, 6) is -0.645. The van der Waals surface area contributed by atoms with E-state index in [2.05, 4.69) is 31.2 Å². The summed E-state index contributed by atoms with van der Waals surface area (Å²) >= 11 is 0. The van der Waals surface area contributed by atoms with Gasteiger partial charge in [-0.05, 0) is 31.0 Å². The van der Waals surface area contributed by atoms with Crippen molar-refractivity contribution < 1.29 is 9.18 Å². The summed E-state index contributed by atoms with van der Waals surface area (Å²) in [6.45, 7) is 3.58. The second-order valence-corrected chi connectivity index (χ2v) is 7.40. The third-order valence-corrected chi connectivity index (χ3v) is 5.24. The van der Waals surface area contributed by atoms with Crippen LogP contribution in [0.2, 0.25) is 0 Å². The molecule has 0 aliphatic carbocycles. The smallest absolute Gasteiger partial charge is 0.269 e. The summed E-state index contributed by atoms with van der Waals surface area (Å²) in [5, 5.41) is 2.55. The number of nitrogens with zero attached hydrogens (tertiary/aromatic N) is 3. The number of aryl methyl sites for hydroxylation is 1. The number of halogens is 1. The van der Waals surface area contributed by atoms with Gasteiger partial charge in [0.2, 0.25) is 0 Å². The predicted octanol–water partition coefficient (Wildman–Crippen LogP) is 2.41. The van der Waals surface area contributed by atoms with Gasteiger partial charge < -0.3 is 10.3 Å². The molecule has 2 aromatic heterocycles. The Morgan fingerprint density at radius 2 is 2.17 bits per heavy atom. The van der Waals surface area contributed by atoms with Crippen LogP contribution in [0.5, 0.6) is 0 Å². The first-order valence-electron chi connectivity index (χ1n) is 9.72. The van der Waals surface area contributed by atoms with Crippen LogP contribution in [0.1, 0.15) is 33.7 Å². The maximum absolute atomic E-state index is 14.9. The van der Waals surface area contributed by atoms with Crippen molar-refractivity contribution in [1.82, 2.24) is 25.2 Å². The number of likely N-dealkylation sites (tertiary alicyclic amines) is 1. The van der Waals surface area contributed by atoms with Crippen LogP contribution in [-0.4, -0.2) is 45.9 Å². The Morgan fingerprint density at radius 1 is 1.33 bits per heavy atom. The SMILES string of the molecule is CNC(=O)c1ccc(/C=C2\CCN(Cc3ccc4nc(C)c(=O)[nH]c4c3F)C2)cn1. The van der Waals surface area contributed by atoms with Crippen LogP contribution in [-0.2, 0) is 6.54 Å². The van der Waals surface area contributed by atoms with Gasteiger partial charge in [0.15, 0.2) is 5.82 Å². The lowest BCUT2D eigenvalue weighted by Gasteiger charge is -2.15. The summed E-state index contributed by atoms with van der Waals surface area (Å²) in [6.07, 6.45) is 4.61. The molecule has 0 spiro atoms. The number of carbonyl (C=O) groups is 1. The van der Waals surface area contributed by atoms with Crippen molar-refractivity contribution in [3.05, 3.63) is 74.7 Å². The average molecular weight is 407 g/mol. The van der Waals surface area contributed by atoms with Crippen LogP contribution in [0.3, 0.4) is 0 Å². The highest BCUT2D eigenvalue weighted by atomic mass is 19.1. The fourth-order valence-electron chi connectivity index (χ4n) is 3.61. The van der Waals surface area contributed by atoms with E-state index in [4.69, 9.17) is 0 Å². The zero-order valence-electron chi connectivity index (χ0n) is 16.8. The number of aromatic amines is 1. The second-order valence-electron chi connectivity index (χ2n) is 7.40. The Hall–Kier alpha value is -3.39. The van der Waals surface area contributed by atoms with E-state index in [1.807, 2.05) is 6.07 Å². The molecule has 0 saturated carbocycles. The number of hydrogen-bond acceptors (Lipinski definition) is 5. The monoisotopic (exact) mass is 407 g/mol. The molecule has 1 fully saturated rings. The molecule has 3 heterocycles. The van der Waals surface area contributed by atoms with Gasteiger partial charge in [-0.25, -0.2) is 9.37 Å². The van der Waals surface area contributed by atoms with Crippen LogP contribution in [0.25, 0.3) is 17.1 Å². The standard InChI is InChI=1S/C22H22FN5O2/c1-13-21(29)27-20-17(26-13)6-4-16(19(20)23)12-28-8-7-15(11-28)9-14-3-5-18(25-10-14)22(30)24-2/h3-6,9-10H,7-8,11-12H2,1-2H3,(H,24,30)(H,27,29)/b15-9+. The topological polar surface area (TPSA) is 91.0 Å². The molecular formula is C22H22FN5O2. The van der Waals surface area contributed by atoms with Crippen molar-refractivity contribution in [1.29, 1.82) is 0 Å². The van der Waals surface area contributed by atoms with Crippen LogP contribution in [0.4, 0.5) is 4.39 Å². The quantitative estimate of drug-likeness (QED) is 0.693. The molecule has 4 rings (SSSR count). The van der Waals surface area contributed by atoms with Gasteiger partial charge >= 0.3 is 0 Å². The number of amides is 1. The van der Waals surface area contributed by atoms with Gasteiger partial charge in [-0.2, -0.15) is 0 Å². The number of hydrogen-bond donors (Lipinski definition) is 2. The van der Waals surface area contributed by atoms with Crippen LogP contribution in [0.15, 0.2) is 40.8 Å². The molecule has 0 radical (unpaired) electrons. The molecule has 1 aliphatic heterocycles. The first kappa shape index (κ1) is 19.9. The molecule has 30 heavy (non-hydrogen) atoms. The zero-order chi connectivity index (χ0) is 21.3. The minimum Gasteiger partial charge on any atom is -0.354 e. The van der Waals surface area contributed by atoms with Crippen molar-refractivity contribution in [3.63, 3.8) is 0 Å². The maximum Gasteiger partial charge on any atom is 0.269 e. The van der Waals surface area contributed by atoms with Gasteiger partial charge in [0.1, 0.15) is 16.9 Å². The summed E-state index contributed by atoms with van der Waals surface area (Å²) < 4.78 is 14.9. The Kier molecular flexibility index (Phi) is 5.41. The molecule has 3 aromatic rings. The van der Waals surface area contributed by atoms with Crippen molar-refractivity contribution in [3.8, 4) is 0 Å². The minimum absolute atomic E-state index is 0.153. The van der Waals surface area contributed by atoms with Crippen LogP contribution >= 0.6 is 0 Å². The molecule has 0 bridgehead atoms. The molecule has 8 heteroatoms. The summed E-state index contributed by atoms with van der Waals surface area (Å²) in [7, 11) is 1.57. The summed E-state index contributed by atoms with van der Waals surface area (Å²) in [5.41, 5.74) is 3.60. The molecule has 1 aliphatic rings. The highest BCUT2D eigenvalue weighted by Gasteiger charge is 2.19. The van der Waals surface area contributed by atoms with Gasteiger partial charge in [-0.1, -0.05) is 23.8 Å². The third kappa shape index (κ3) is 3.99. The fourth-order valence-corrected chi connectivity index (χ4v) is 3.61. The second kappa shape index (κ2) is 8.16. The molecule has 1 aromatic carbocycles.